The Morgan fingerprint density at radius 2 is 1.88 bits per heavy atom. The van der Waals surface area contributed by atoms with E-state index >= 15 is 0 Å². The van der Waals surface area contributed by atoms with Gasteiger partial charge >= 0.3 is 12.4 Å². The first kappa shape index (κ1) is 28.3. The predicted molar refractivity (Wildman–Crippen MR) is 150 cm³/mol. The van der Waals surface area contributed by atoms with Crippen LogP contribution in [0.25, 0.3) is 17.0 Å². The third kappa shape index (κ3) is 6.55. The number of rotatable bonds is 6. The lowest BCUT2D eigenvalue weighted by Crippen LogP contribution is -2.34. The molecule has 12 heteroatoms. The van der Waals surface area contributed by atoms with Crippen molar-refractivity contribution in [3.8, 4) is 5.75 Å². The minimum Gasteiger partial charge on any atom is -0.404 e. The normalized spacial score (nSPS) is 14.1. The predicted octanol–water partition coefficient (Wildman–Crippen LogP) is 7.72. The van der Waals surface area contributed by atoms with Crippen LogP contribution in [0.4, 0.5) is 18.0 Å². The van der Waals surface area contributed by atoms with Crippen LogP contribution >= 0.6 is 34.8 Å². The SMILES string of the molecule is O=C(NCc1ccnc(Cl)c1)n1c2c(c3cc(OC(F)(F)F)c(Cl)cc31)CN(CC=Cc1ccc(Cl)cc1)CC2. The highest BCUT2D eigenvalue weighted by Crippen LogP contribution is 2.39. The maximum atomic E-state index is 13.4. The van der Waals surface area contributed by atoms with E-state index in [-0.39, 0.29) is 11.6 Å². The summed E-state index contributed by atoms with van der Waals surface area (Å²) in [6.07, 6.45) is 1.11. The van der Waals surface area contributed by atoms with Gasteiger partial charge in [-0.25, -0.2) is 9.78 Å². The molecule has 0 fully saturated rings. The Bertz CT molecular complexity index is 1590. The smallest absolute Gasteiger partial charge is 0.404 e. The van der Waals surface area contributed by atoms with Crippen molar-refractivity contribution >= 4 is 57.8 Å². The number of ether oxygens (including phenoxy) is 1. The van der Waals surface area contributed by atoms with Gasteiger partial charge in [0.1, 0.15) is 10.9 Å². The molecular weight excluding hydrogens is 588 g/mol. The number of pyridine rings is 1. The Hall–Kier alpha value is -3.24. The number of alkyl halides is 3. The van der Waals surface area contributed by atoms with Gasteiger partial charge in [0, 0.05) is 54.9 Å². The van der Waals surface area contributed by atoms with Crippen LogP contribution < -0.4 is 10.1 Å². The molecule has 3 heterocycles. The molecule has 0 unspecified atom stereocenters. The molecule has 40 heavy (non-hydrogen) atoms. The van der Waals surface area contributed by atoms with Crippen molar-refractivity contribution in [1.82, 2.24) is 19.8 Å². The summed E-state index contributed by atoms with van der Waals surface area (Å²) >= 11 is 18.1. The number of amides is 1. The lowest BCUT2D eigenvalue weighted by atomic mass is 10.0. The van der Waals surface area contributed by atoms with Crippen molar-refractivity contribution < 1.29 is 22.7 Å². The van der Waals surface area contributed by atoms with Crippen LogP contribution in [0.1, 0.15) is 22.4 Å². The molecule has 2 aromatic heterocycles. The number of aromatic nitrogens is 2. The first-order chi connectivity index (χ1) is 19.1. The second-order valence-electron chi connectivity index (χ2n) is 9.19. The summed E-state index contributed by atoms with van der Waals surface area (Å²) in [5.41, 5.74) is 3.59. The molecular formula is C28H22Cl3F3N4O2. The molecule has 208 valence electrons. The molecule has 4 aromatic rings. The second kappa shape index (κ2) is 11.7. The van der Waals surface area contributed by atoms with E-state index in [0.717, 1.165) is 16.7 Å². The fourth-order valence-electron chi connectivity index (χ4n) is 4.72. The highest BCUT2D eigenvalue weighted by atomic mass is 35.5. The zero-order valence-corrected chi connectivity index (χ0v) is 23.1. The van der Waals surface area contributed by atoms with Gasteiger partial charge in [0.25, 0.3) is 0 Å². The van der Waals surface area contributed by atoms with Crippen LogP contribution in [0, 0.1) is 0 Å². The van der Waals surface area contributed by atoms with Crippen LogP contribution in [0.5, 0.6) is 5.75 Å². The summed E-state index contributed by atoms with van der Waals surface area (Å²) in [6.45, 7) is 1.84. The van der Waals surface area contributed by atoms with E-state index in [1.807, 2.05) is 36.4 Å². The summed E-state index contributed by atoms with van der Waals surface area (Å²) in [6, 6.07) is 13.0. The van der Waals surface area contributed by atoms with Crippen molar-refractivity contribution in [2.75, 3.05) is 13.1 Å². The first-order valence-electron chi connectivity index (χ1n) is 12.2. The quantitative estimate of drug-likeness (QED) is 0.227. The van der Waals surface area contributed by atoms with Crippen molar-refractivity contribution in [2.24, 2.45) is 0 Å². The van der Waals surface area contributed by atoms with Crippen LogP contribution in [0.15, 0.2) is 60.8 Å². The number of fused-ring (bicyclic) bond motifs is 3. The van der Waals surface area contributed by atoms with E-state index in [1.54, 1.807) is 12.1 Å². The number of nitrogens with one attached hydrogen (secondary N) is 1. The first-order valence-corrected chi connectivity index (χ1v) is 13.4. The monoisotopic (exact) mass is 608 g/mol. The van der Waals surface area contributed by atoms with Crippen molar-refractivity contribution in [2.45, 2.75) is 25.9 Å². The van der Waals surface area contributed by atoms with Gasteiger partial charge in [0.05, 0.1) is 10.5 Å². The molecule has 1 aliphatic rings. The highest BCUT2D eigenvalue weighted by molar-refractivity contribution is 6.33. The molecule has 5 rings (SSSR count). The highest BCUT2D eigenvalue weighted by Gasteiger charge is 2.33. The average molecular weight is 610 g/mol. The fraction of sp³-hybridized carbons (Fsp3) is 0.214. The van der Waals surface area contributed by atoms with E-state index in [9.17, 15) is 18.0 Å². The molecule has 2 aromatic carbocycles. The molecule has 0 bridgehead atoms. The number of carbonyl (C=O) groups excluding carboxylic acids is 1. The van der Waals surface area contributed by atoms with E-state index < -0.39 is 18.1 Å². The zero-order valence-electron chi connectivity index (χ0n) is 20.8. The van der Waals surface area contributed by atoms with Crippen molar-refractivity contribution in [1.29, 1.82) is 0 Å². The number of hydrogen-bond acceptors (Lipinski definition) is 4. The Morgan fingerprint density at radius 1 is 1.10 bits per heavy atom. The standard InChI is InChI=1S/C28H22Cl3F3N4O2/c29-19-5-3-17(4-6-19)2-1-10-37-11-8-23-21(16-37)20-13-25(40-28(32,33)34)22(30)14-24(20)38(23)27(39)36-15-18-7-9-35-26(31)12-18/h1-7,9,12-14H,8,10-11,15-16H2,(H,36,39). The topological polar surface area (TPSA) is 59.4 Å². The van der Waals surface area contributed by atoms with E-state index in [1.165, 1.54) is 22.9 Å². The lowest BCUT2D eigenvalue weighted by molar-refractivity contribution is -0.274. The van der Waals surface area contributed by atoms with Gasteiger partial charge in [0.15, 0.2) is 0 Å². The minimum atomic E-state index is -4.92. The lowest BCUT2D eigenvalue weighted by Gasteiger charge is -2.27. The van der Waals surface area contributed by atoms with E-state index in [4.69, 9.17) is 34.8 Å². The van der Waals surface area contributed by atoms with Gasteiger partial charge in [-0.15, -0.1) is 13.2 Å². The third-order valence-electron chi connectivity index (χ3n) is 6.49. The number of nitrogens with zero attached hydrogens (tertiary/aromatic N) is 3. The maximum absolute atomic E-state index is 13.4. The molecule has 0 saturated heterocycles. The third-order valence-corrected chi connectivity index (χ3v) is 7.24. The van der Waals surface area contributed by atoms with E-state index in [0.29, 0.717) is 52.8 Å². The summed E-state index contributed by atoms with van der Waals surface area (Å²) < 4.78 is 44.8. The maximum Gasteiger partial charge on any atom is 0.573 e. The van der Waals surface area contributed by atoms with Gasteiger partial charge in [-0.05, 0) is 53.1 Å². The van der Waals surface area contributed by atoms with Gasteiger partial charge in [-0.3, -0.25) is 9.47 Å². The van der Waals surface area contributed by atoms with Crippen LogP contribution in [0.3, 0.4) is 0 Å². The second-order valence-corrected chi connectivity index (χ2v) is 10.4. The Kier molecular flexibility index (Phi) is 8.28. The van der Waals surface area contributed by atoms with Gasteiger partial charge < -0.3 is 10.1 Å². The molecule has 1 amide bonds. The largest absolute Gasteiger partial charge is 0.573 e. The number of benzene rings is 2. The number of hydrogen-bond donors (Lipinski definition) is 1. The van der Waals surface area contributed by atoms with E-state index in [2.05, 4.69) is 19.9 Å². The number of halogens is 6. The summed E-state index contributed by atoms with van der Waals surface area (Å²) in [4.78, 5) is 19.5. The summed E-state index contributed by atoms with van der Waals surface area (Å²) in [5.74, 6) is -0.520. The Labute approximate surface area is 242 Å². The Balaban J connectivity index is 1.45. The van der Waals surface area contributed by atoms with Crippen molar-refractivity contribution in [3.05, 3.63) is 98.4 Å². The summed E-state index contributed by atoms with van der Waals surface area (Å²) in [7, 11) is 0. The molecule has 6 nitrogen and oxygen atoms in total. The molecule has 1 N–H and O–H groups in total. The fourth-order valence-corrected chi connectivity index (χ4v) is 5.24. The van der Waals surface area contributed by atoms with Crippen LogP contribution in [0.2, 0.25) is 15.2 Å². The zero-order chi connectivity index (χ0) is 28.4. The average Bonchev–Trinajstić information content (AvgIpc) is 3.20. The molecule has 1 aliphatic heterocycles. The van der Waals surface area contributed by atoms with Crippen LogP contribution in [-0.2, 0) is 19.5 Å². The van der Waals surface area contributed by atoms with Gasteiger partial charge in [0.2, 0.25) is 0 Å². The minimum absolute atomic E-state index is 0.181. The molecule has 0 aliphatic carbocycles. The molecule has 0 radical (unpaired) electrons. The molecule has 0 atom stereocenters. The van der Waals surface area contributed by atoms with Gasteiger partial charge in [-0.1, -0.05) is 59.1 Å². The van der Waals surface area contributed by atoms with Crippen LogP contribution in [-0.4, -0.2) is 39.9 Å². The number of carbonyl (C=O) groups is 1. The molecule has 0 spiro atoms. The van der Waals surface area contributed by atoms with Crippen molar-refractivity contribution in [3.63, 3.8) is 0 Å². The molecule has 0 saturated carbocycles. The van der Waals surface area contributed by atoms with Gasteiger partial charge in [-0.2, -0.15) is 0 Å². The summed E-state index contributed by atoms with van der Waals surface area (Å²) in [5, 5.41) is 4.02. The Morgan fingerprint density at radius 3 is 2.60 bits per heavy atom.